The highest BCUT2D eigenvalue weighted by molar-refractivity contribution is 6.30. The largest absolute Gasteiger partial charge is 0.435 e. The zero-order chi connectivity index (χ0) is 23.4. The van der Waals surface area contributed by atoms with Crippen molar-refractivity contribution in [2.45, 2.75) is 31.7 Å². The number of carbonyl (C=O) groups excluding carboxylic acids is 2. The van der Waals surface area contributed by atoms with Gasteiger partial charge in [0, 0.05) is 24.0 Å². The summed E-state index contributed by atoms with van der Waals surface area (Å²) in [5, 5.41) is 20.3. The molecule has 5 N–H and O–H groups in total. The maximum Gasteiger partial charge on any atom is 0.387 e. The average Bonchev–Trinajstić information content (AvgIpc) is 2.70. The minimum atomic E-state index is -3.10. The molecule has 0 spiro atoms. The molecule has 32 heavy (non-hydrogen) atoms. The summed E-state index contributed by atoms with van der Waals surface area (Å²) in [6, 6.07) is 2.64. The van der Waals surface area contributed by atoms with Gasteiger partial charge in [-0.05, 0) is 30.2 Å². The zero-order valence-electron chi connectivity index (χ0n) is 16.5. The molecule has 0 saturated carbocycles. The summed E-state index contributed by atoms with van der Waals surface area (Å²) in [5.74, 6) is -1.45. The number of amides is 2. The molecule has 170 valence electrons. The number of nitrogens with zero attached hydrogens (tertiary/aromatic N) is 3. The van der Waals surface area contributed by atoms with E-state index in [2.05, 4.69) is 20.0 Å². The van der Waals surface area contributed by atoms with Crippen LogP contribution < -0.4 is 15.8 Å². The molecule has 2 heterocycles. The van der Waals surface area contributed by atoms with Gasteiger partial charge in [-0.25, -0.2) is 9.97 Å². The highest BCUT2D eigenvalue weighted by Gasteiger charge is 2.40. The Kier molecular flexibility index (Phi) is 7.15. The predicted molar refractivity (Wildman–Crippen MR) is 108 cm³/mol. The monoisotopic (exact) mass is 468 g/mol. The Hall–Kier alpha value is -3.38. The van der Waals surface area contributed by atoms with E-state index in [0.717, 1.165) is 12.1 Å². The lowest BCUT2D eigenvalue weighted by Crippen LogP contribution is -2.59. The van der Waals surface area contributed by atoms with Crippen LogP contribution in [0.1, 0.15) is 29.5 Å². The lowest BCUT2D eigenvalue weighted by Gasteiger charge is -2.40. The van der Waals surface area contributed by atoms with E-state index in [9.17, 15) is 23.5 Å². The molecule has 1 aromatic carbocycles. The maximum atomic E-state index is 12.7. The summed E-state index contributed by atoms with van der Waals surface area (Å²) in [6.45, 7) is -2.88. The Morgan fingerprint density at radius 2 is 2.03 bits per heavy atom. The molecule has 2 amide bonds. The third kappa shape index (κ3) is 5.45. The molecule has 2 aromatic rings. The van der Waals surface area contributed by atoms with Crippen LogP contribution in [0.2, 0.25) is 5.02 Å². The van der Waals surface area contributed by atoms with Crippen LogP contribution in [0, 0.1) is 5.41 Å². The first-order valence-corrected chi connectivity index (χ1v) is 9.70. The van der Waals surface area contributed by atoms with E-state index in [-0.39, 0.29) is 41.1 Å². The molecule has 0 bridgehead atoms. The third-order valence-electron chi connectivity index (χ3n) is 4.71. The number of ether oxygens (including phenoxy) is 1. The standard InChI is InChI=1S/C19H19ClF2N6O4/c20-11-3-9(4-12(5-11)32-19(21)22)15(29)18(31)28-2-1-13(28)17(30)27-8-14-25-6-10(7-26-14)16(23)24/h3-7,13,15,19,29H,1-2,8H2,(H3,23,24)(H,27,30)/t13-,15+/m0/s1. The number of likely N-dealkylation sites (tertiary alicyclic amines) is 1. The molecule has 2 atom stereocenters. The fraction of sp³-hybridized carbons (Fsp3) is 0.316. The molecule has 1 aromatic heterocycles. The smallest absolute Gasteiger partial charge is 0.387 e. The van der Waals surface area contributed by atoms with Crippen LogP contribution in [-0.2, 0) is 16.1 Å². The Morgan fingerprint density at radius 3 is 2.59 bits per heavy atom. The van der Waals surface area contributed by atoms with Gasteiger partial charge in [0.25, 0.3) is 5.91 Å². The van der Waals surface area contributed by atoms with Crippen LogP contribution >= 0.6 is 11.6 Å². The maximum absolute atomic E-state index is 12.7. The quantitative estimate of drug-likeness (QED) is 0.332. The normalized spacial score (nSPS) is 16.3. The van der Waals surface area contributed by atoms with Gasteiger partial charge in [0.05, 0.1) is 12.1 Å². The van der Waals surface area contributed by atoms with Crippen LogP contribution in [0.15, 0.2) is 30.6 Å². The van der Waals surface area contributed by atoms with Crippen LogP contribution in [0.5, 0.6) is 5.75 Å². The number of nitrogen functional groups attached to an aromatic ring is 1. The van der Waals surface area contributed by atoms with Gasteiger partial charge in [0.2, 0.25) is 5.91 Å². The summed E-state index contributed by atoms with van der Waals surface area (Å²) >= 11 is 5.86. The molecule has 0 radical (unpaired) electrons. The van der Waals surface area contributed by atoms with Crippen molar-refractivity contribution in [3.63, 3.8) is 0 Å². The molecule has 3 rings (SSSR count). The van der Waals surface area contributed by atoms with Crippen LogP contribution in [0.4, 0.5) is 8.78 Å². The second-order valence-corrected chi connectivity index (χ2v) is 7.29. The van der Waals surface area contributed by atoms with Crippen molar-refractivity contribution in [2.75, 3.05) is 6.54 Å². The SMILES string of the molecule is N=C(N)c1cnc(CNC(=O)[C@@H]2CCN2C(=O)[C@H](O)c2cc(Cl)cc(OC(F)F)c2)nc1. The third-order valence-corrected chi connectivity index (χ3v) is 4.93. The molecule has 1 aliphatic heterocycles. The highest BCUT2D eigenvalue weighted by atomic mass is 35.5. The van der Waals surface area contributed by atoms with E-state index < -0.39 is 30.6 Å². The van der Waals surface area contributed by atoms with Crippen molar-refractivity contribution in [2.24, 2.45) is 5.73 Å². The number of hydrogen-bond donors (Lipinski definition) is 4. The van der Waals surface area contributed by atoms with Gasteiger partial charge in [-0.2, -0.15) is 8.78 Å². The van der Waals surface area contributed by atoms with Crippen molar-refractivity contribution in [3.05, 3.63) is 52.6 Å². The van der Waals surface area contributed by atoms with Crippen molar-refractivity contribution >= 4 is 29.3 Å². The van der Waals surface area contributed by atoms with Crippen molar-refractivity contribution in [1.29, 1.82) is 5.41 Å². The van der Waals surface area contributed by atoms with Gasteiger partial charge in [-0.3, -0.25) is 15.0 Å². The fourth-order valence-corrected chi connectivity index (χ4v) is 3.24. The molecular formula is C19H19ClF2N6O4. The Labute approximate surface area is 185 Å². The van der Waals surface area contributed by atoms with E-state index in [0.29, 0.717) is 12.0 Å². The summed E-state index contributed by atoms with van der Waals surface area (Å²) in [7, 11) is 0. The van der Waals surface area contributed by atoms with E-state index >= 15 is 0 Å². The number of benzene rings is 1. The van der Waals surface area contributed by atoms with Gasteiger partial charge < -0.3 is 25.8 Å². The summed E-state index contributed by atoms with van der Waals surface area (Å²) in [5.41, 5.74) is 5.63. The summed E-state index contributed by atoms with van der Waals surface area (Å²) in [4.78, 5) is 34.3. The first-order valence-electron chi connectivity index (χ1n) is 9.32. The minimum Gasteiger partial charge on any atom is -0.435 e. The first kappa shape index (κ1) is 23.3. The number of nitrogens with two attached hydrogens (primary N) is 1. The van der Waals surface area contributed by atoms with Gasteiger partial charge in [0.15, 0.2) is 6.10 Å². The number of amidine groups is 1. The van der Waals surface area contributed by atoms with Gasteiger partial charge >= 0.3 is 6.61 Å². The molecule has 0 unspecified atom stereocenters. The van der Waals surface area contributed by atoms with Crippen molar-refractivity contribution in [3.8, 4) is 5.75 Å². The molecule has 0 aliphatic carbocycles. The van der Waals surface area contributed by atoms with Gasteiger partial charge in [-0.1, -0.05) is 11.6 Å². The van der Waals surface area contributed by atoms with Crippen LogP contribution in [-0.4, -0.2) is 56.8 Å². The molecule has 1 fully saturated rings. The minimum absolute atomic E-state index is 0.00121. The Bertz CT molecular complexity index is 1020. The second-order valence-electron chi connectivity index (χ2n) is 6.86. The number of halogens is 3. The fourth-order valence-electron chi connectivity index (χ4n) is 3.01. The van der Waals surface area contributed by atoms with Crippen LogP contribution in [0.25, 0.3) is 0 Å². The van der Waals surface area contributed by atoms with E-state index in [1.165, 1.54) is 23.4 Å². The van der Waals surface area contributed by atoms with E-state index in [1.807, 2.05) is 0 Å². The number of rotatable bonds is 8. The molecule has 1 saturated heterocycles. The van der Waals surface area contributed by atoms with Crippen LogP contribution in [0.3, 0.4) is 0 Å². The lowest BCUT2D eigenvalue weighted by atomic mass is 9.99. The number of aliphatic hydroxyl groups is 1. The second kappa shape index (κ2) is 9.83. The highest BCUT2D eigenvalue weighted by Crippen LogP contribution is 2.29. The topological polar surface area (TPSA) is 155 Å². The van der Waals surface area contributed by atoms with Crippen molar-refractivity contribution < 1.29 is 28.2 Å². The number of hydrogen-bond acceptors (Lipinski definition) is 7. The molecular weight excluding hydrogens is 450 g/mol. The predicted octanol–water partition coefficient (Wildman–Crippen LogP) is 0.966. The first-order chi connectivity index (χ1) is 15.2. The number of aromatic nitrogens is 2. The van der Waals surface area contributed by atoms with E-state index in [1.54, 1.807) is 0 Å². The number of aliphatic hydroxyl groups excluding tert-OH is 1. The zero-order valence-corrected chi connectivity index (χ0v) is 17.2. The average molecular weight is 469 g/mol. The molecule has 10 nitrogen and oxygen atoms in total. The number of carbonyl (C=O) groups is 2. The summed E-state index contributed by atoms with van der Waals surface area (Å²) < 4.78 is 29.2. The lowest BCUT2D eigenvalue weighted by molar-refractivity contribution is -0.154. The number of nitrogens with one attached hydrogen (secondary N) is 2. The summed E-state index contributed by atoms with van der Waals surface area (Å²) in [6.07, 6.45) is 1.36. The molecule has 13 heteroatoms. The Balaban J connectivity index is 1.61. The van der Waals surface area contributed by atoms with Gasteiger partial charge in [0.1, 0.15) is 23.5 Å². The number of alkyl halides is 2. The van der Waals surface area contributed by atoms with E-state index in [4.69, 9.17) is 22.7 Å². The Morgan fingerprint density at radius 1 is 1.34 bits per heavy atom. The van der Waals surface area contributed by atoms with Crippen molar-refractivity contribution in [1.82, 2.24) is 20.2 Å². The van der Waals surface area contributed by atoms with Gasteiger partial charge in [-0.15, -0.1) is 0 Å². The molecule has 1 aliphatic rings.